The van der Waals surface area contributed by atoms with Gasteiger partial charge in [-0.2, -0.15) is 0 Å². The molecule has 1 atom stereocenters. The lowest BCUT2D eigenvalue weighted by molar-refractivity contribution is 0.320. The fourth-order valence-corrected chi connectivity index (χ4v) is 3.19. The van der Waals surface area contributed by atoms with Crippen molar-refractivity contribution >= 4 is 11.3 Å². The summed E-state index contributed by atoms with van der Waals surface area (Å²) >= 11 is 1.72. The standard InChI is InChI=1S/C16H21NO3S/c1-5-17-14(13-7-6-10-21-13)11-8-9-12(18-2)16(20-4)15(11)19-3/h6-10,14,17H,5H2,1-4H3. The summed E-state index contributed by atoms with van der Waals surface area (Å²) in [5.41, 5.74) is 1.04. The molecule has 0 saturated heterocycles. The highest BCUT2D eigenvalue weighted by Gasteiger charge is 2.23. The van der Waals surface area contributed by atoms with Gasteiger partial charge in [0.2, 0.25) is 5.75 Å². The van der Waals surface area contributed by atoms with Crippen LogP contribution in [-0.2, 0) is 0 Å². The first-order chi connectivity index (χ1) is 10.3. The van der Waals surface area contributed by atoms with Crippen molar-refractivity contribution in [2.45, 2.75) is 13.0 Å². The number of hydrogen-bond donors (Lipinski definition) is 1. The van der Waals surface area contributed by atoms with Crippen LogP contribution in [0.3, 0.4) is 0 Å². The quantitative estimate of drug-likeness (QED) is 0.850. The number of nitrogens with one attached hydrogen (secondary N) is 1. The van der Waals surface area contributed by atoms with Crippen LogP contribution in [0.1, 0.15) is 23.4 Å². The molecule has 0 aliphatic rings. The van der Waals surface area contributed by atoms with E-state index in [2.05, 4.69) is 29.8 Å². The number of methoxy groups -OCH3 is 3. The third kappa shape index (κ3) is 3.14. The largest absolute Gasteiger partial charge is 0.493 e. The topological polar surface area (TPSA) is 39.7 Å². The molecule has 0 aliphatic heterocycles. The van der Waals surface area contributed by atoms with E-state index in [4.69, 9.17) is 14.2 Å². The summed E-state index contributed by atoms with van der Waals surface area (Å²) in [6.07, 6.45) is 0. The number of thiophene rings is 1. The molecule has 0 radical (unpaired) electrons. The summed E-state index contributed by atoms with van der Waals surface area (Å²) in [5, 5.41) is 5.58. The van der Waals surface area contributed by atoms with E-state index in [1.54, 1.807) is 32.7 Å². The van der Waals surface area contributed by atoms with Crippen LogP contribution in [0.15, 0.2) is 29.6 Å². The molecule has 114 valence electrons. The highest BCUT2D eigenvalue weighted by molar-refractivity contribution is 7.10. The van der Waals surface area contributed by atoms with Crippen molar-refractivity contribution in [1.29, 1.82) is 0 Å². The average molecular weight is 307 g/mol. The summed E-state index contributed by atoms with van der Waals surface area (Å²) in [6, 6.07) is 8.18. The second-order valence-electron chi connectivity index (χ2n) is 4.43. The van der Waals surface area contributed by atoms with Crippen LogP contribution in [0.4, 0.5) is 0 Å². The molecular formula is C16H21NO3S. The number of rotatable bonds is 7. The van der Waals surface area contributed by atoms with Crippen LogP contribution >= 0.6 is 11.3 Å². The maximum absolute atomic E-state index is 5.59. The second-order valence-corrected chi connectivity index (χ2v) is 5.41. The zero-order chi connectivity index (χ0) is 15.2. The number of hydrogen-bond acceptors (Lipinski definition) is 5. The maximum Gasteiger partial charge on any atom is 0.203 e. The fraction of sp³-hybridized carbons (Fsp3) is 0.375. The van der Waals surface area contributed by atoms with E-state index in [0.717, 1.165) is 12.1 Å². The predicted octanol–water partition coefficient (Wildman–Crippen LogP) is 3.47. The maximum atomic E-state index is 5.59. The minimum Gasteiger partial charge on any atom is -0.493 e. The van der Waals surface area contributed by atoms with Gasteiger partial charge in [0.15, 0.2) is 11.5 Å². The van der Waals surface area contributed by atoms with Gasteiger partial charge < -0.3 is 19.5 Å². The molecule has 1 aromatic heterocycles. The van der Waals surface area contributed by atoms with Gasteiger partial charge in [-0.1, -0.05) is 13.0 Å². The molecule has 4 nitrogen and oxygen atoms in total. The monoisotopic (exact) mass is 307 g/mol. The van der Waals surface area contributed by atoms with E-state index < -0.39 is 0 Å². The normalized spacial score (nSPS) is 12.0. The Morgan fingerprint density at radius 1 is 1.05 bits per heavy atom. The van der Waals surface area contributed by atoms with Gasteiger partial charge >= 0.3 is 0 Å². The van der Waals surface area contributed by atoms with Crippen molar-refractivity contribution in [1.82, 2.24) is 5.32 Å². The highest BCUT2D eigenvalue weighted by Crippen LogP contribution is 2.43. The minimum atomic E-state index is 0.0738. The molecule has 0 fully saturated rings. The summed E-state index contributed by atoms with van der Waals surface area (Å²) in [5.74, 6) is 1.99. The molecule has 0 saturated carbocycles. The molecule has 2 rings (SSSR count). The van der Waals surface area contributed by atoms with Crippen LogP contribution in [0.25, 0.3) is 0 Å². The first kappa shape index (κ1) is 15.7. The molecule has 1 unspecified atom stereocenters. The first-order valence-electron chi connectivity index (χ1n) is 6.82. The molecule has 0 aliphatic carbocycles. The van der Waals surface area contributed by atoms with Gasteiger partial charge in [-0.15, -0.1) is 11.3 Å². The molecule has 1 aromatic carbocycles. The molecule has 1 heterocycles. The summed E-state index contributed by atoms with van der Waals surface area (Å²) in [7, 11) is 4.90. The summed E-state index contributed by atoms with van der Waals surface area (Å²) < 4.78 is 16.4. The zero-order valence-corrected chi connectivity index (χ0v) is 13.6. The molecule has 0 amide bonds. The van der Waals surface area contributed by atoms with E-state index >= 15 is 0 Å². The molecule has 5 heteroatoms. The fourth-order valence-electron chi connectivity index (χ4n) is 2.38. The Morgan fingerprint density at radius 3 is 2.33 bits per heavy atom. The van der Waals surface area contributed by atoms with E-state index in [-0.39, 0.29) is 6.04 Å². The van der Waals surface area contributed by atoms with Crippen LogP contribution < -0.4 is 19.5 Å². The van der Waals surface area contributed by atoms with Crippen molar-refractivity contribution in [2.75, 3.05) is 27.9 Å². The third-order valence-corrected chi connectivity index (χ3v) is 4.22. The van der Waals surface area contributed by atoms with Crippen molar-refractivity contribution in [2.24, 2.45) is 0 Å². The lowest BCUT2D eigenvalue weighted by atomic mass is 10.0. The Balaban J connectivity index is 2.55. The van der Waals surface area contributed by atoms with Crippen LogP contribution in [0.5, 0.6) is 17.2 Å². The van der Waals surface area contributed by atoms with Gasteiger partial charge in [0, 0.05) is 10.4 Å². The zero-order valence-electron chi connectivity index (χ0n) is 12.8. The van der Waals surface area contributed by atoms with Crippen LogP contribution in [0.2, 0.25) is 0 Å². The Kier molecular flexibility index (Phi) is 5.47. The Morgan fingerprint density at radius 2 is 1.81 bits per heavy atom. The summed E-state index contributed by atoms with van der Waals surface area (Å²) in [4.78, 5) is 1.24. The average Bonchev–Trinajstić information content (AvgIpc) is 3.05. The van der Waals surface area contributed by atoms with Crippen molar-refractivity contribution < 1.29 is 14.2 Å². The van der Waals surface area contributed by atoms with Gasteiger partial charge in [0.05, 0.1) is 27.4 Å². The Bertz CT molecular complexity index is 569. The van der Waals surface area contributed by atoms with E-state index in [1.807, 2.05) is 12.1 Å². The van der Waals surface area contributed by atoms with Gasteiger partial charge in [-0.25, -0.2) is 0 Å². The Hall–Kier alpha value is -1.72. The third-order valence-electron chi connectivity index (χ3n) is 3.28. The summed E-state index contributed by atoms with van der Waals surface area (Å²) in [6.45, 7) is 2.95. The van der Waals surface area contributed by atoms with E-state index in [0.29, 0.717) is 17.2 Å². The molecule has 0 spiro atoms. The molecular weight excluding hydrogens is 286 g/mol. The van der Waals surface area contributed by atoms with Gasteiger partial charge in [0.25, 0.3) is 0 Å². The lowest BCUT2D eigenvalue weighted by Crippen LogP contribution is -2.21. The van der Waals surface area contributed by atoms with Gasteiger partial charge in [-0.3, -0.25) is 0 Å². The molecule has 1 N–H and O–H groups in total. The van der Waals surface area contributed by atoms with Crippen LogP contribution in [0, 0.1) is 0 Å². The molecule has 2 aromatic rings. The smallest absolute Gasteiger partial charge is 0.203 e. The van der Waals surface area contributed by atoms with Gasteiger partial charge in [-0.05, 0) is 30.1 Å². The van der Waals surface area contributed by atoms with Crippen LogP contribution in [-0.4, -0.2) is 27.9 Å². The van der Waals surface area contributed by atoms with Crippen molar-refractivity contribution in [3.8, 4) is 17.2 Å². The van der Waals surface area contributed by atoms with E-state index in [9.17, 15) is 0 Å². The highest BCUT2D eigenvalue weighted by atomic mass is 32.1. The predicted molar refractivity (Wildman–Crippen MR) is 85.9 cm³/mol. The first-order valence-corrected chi connectivity index (χ1v) is 7.70. The second kappa shape index (κ2) is 7.33. The minimum absolute atomic E-state index is 0.0738. The number of benzene rings is 1. The lowest BCUT2D eigenvalue weighted by Gasteiger charge is -2.22. The van der Waals surface area contributed by atoms with Crippen molar-refractivity contribution in [3.63, 3.8) is 0 Å². The Labute approximate surface area is 129 Å². The molecule has 21 heavy (non-hydrogen) atoms. The van der Waals surface area contributed by atoms with E-state index in [1.165, 1.54) is 4.88 Å². The molecule has 0 bridgehead atoms. The number of ether oxygens (including phenoxy) is 3. The van der Waals surface area contributed by atoms with Crippen molar-refractivity contribution in [3.05, 3.63) is 40.1 Å². The SMILES string of the molecule is CCNC(c1cccs1)c1ccc(OC)c(OC)c1OC. The van der Waals surface area contributed by atoms with Gasteiger partial charge in [0.1, 0.15) is 0 Å².